The van der Waals surface area contributed by atoms with Gasteiger partial charge in [-0.05, 0) is 18.9 Å². The highest BCUT2D eigenvalue weighted by Crippen LogP contribution is 2.11. The smallest absolute Gasteiger partial charge is 0.119 e. The molecule has 0 aliphatic rings. The van der Waals surface area contributed by atoms with Gasteiger partial charge in [-0.1, -0.05) is 37.2 Å². The quantitative estimate of drug-likeness (QED) is 0.467. The van der Waals surface area contributed by atoms with Crippen molar-refractivity contribution in [3.63, 3.8) is 0 Å². The van der Waals surface area contributed by atoms with Crippen molar-refractivity contribution in [1.29, 1.82) is 0 Å². The van der Waals surface area contributed by atoms with Crippen LogP contribution in [0.3, 0.4) is 0 Å². The third-order valence-corrected chi connectivity index (χ3v) is 1.96. The van der Waals surface area contributed by atoms with Gasteiger partial charge in [0.15, 0.2) is 0 Å². The molecule has 0 spiro atoms. The summed E-state index contributed by atoms with van der Waals surface area (Å²) in [5.74, 6) is 0.481. The van der Waals surface area contributed by atoms with Gasteiger partial charge in [0.25, 0.3) is 0 Å². The Bertz CT molecular complexity index is 345. The van der Waals surface area contributed by atoms with Crippen LogP contribution in [0.2, 0.25) is 0 Å². The van der Waals surface area contributed by atoms with Crippen LogP contribution in [0.15, 0.2) is 29.4 Å². The second-order valence-corrected chi connectivity index (χ2v) is 3.95. The molecule has 2 N–H and O–H groups in total. The molecular formula is C12H18N2O. The summed E-state index contributed by atoms with van der Waals surface area (Å²) >= 11 is 0. The second-order valence-electron chi connectivity index (χ2n) is 3.95. The lowest BCUT2D eigenvalue weighted by atomic mass is 10.1. The van der Waals surface area contributed by atoms with Crippen LogP contribution >= 0.6 is 0 Å². The summed E-state index contributed by atoms with van der Waals surface area (Å²) in [4.78, 5) is 5.20. The molecule has 0 heterocycles. The predicted molar refractivity (Wildman–Crippen MR) is 63.9 cm³/mol. The average Bonchev–Trinajstić information content (AvgIpc) is 2.17. The minimum atomic E-state index is 0.481. The van der Waals surface area contributed by atoms with Gasteiger partial charge in [-0.15, -0.1) is 0 Å². The molecule has 1 aromatic rings. The van der Waals surface area contributed by atoms with Gasteiger partial charge < -0.3 is 10.6 Å². The molecule has 0 bridgehead atoms. The molecule has 0 unspecified atom stereocenters. The van der Waals surface area contributed by atoms with Crippen molar-refractivity contribution in [3.8, 4) is 0 Å². The van der Waals surface area contributed by atoms with Crippen molar-refractivity contribution in [2.45, 2.75) is 20.8 Å². The monoisotopic (exact) mass is 206 g/mol. The molecule has 1 aromatic carbocycles. The van der Waals surface area contributed by atoms with Gasteiger partial charge in [-0.2, -0.15) is 0 Å². The van der Waals surface area contributed by atoms with Gasteiger partial charge in [-0.25, -0.2) is 0 Å². The summed E-state index contributed by atoms with van der Waals surface area (Å²) < 4.78 is 0. The van der Waals surface area contributed by atoms with E-state index in [1.807, 2.05) is 31.2 Å². The minimum absolute atomic E-state index is 0.481. The van der Waals surface area contributed by atoms with E-state index in [0.717, 1.165) is 17.0 Å². The van der Waals surface area contributed by atoms with Gasteiger partial charge >= 0.3 is 0 Å². The van der Waals surface area contributed by atoms with E-state index < -0.39 is 0 Å². The lowest BCUT2D eigenvalue weighted by molar-refractivity contribution is 0.118. The fraction of sp³-hybridized carbons (Fsp3) is 0.417. The number of nitrogens with two attached hydrogens (primary N) is 1. The maximum Gasteiger partial charge on any atom is 0.119 e. The molecule has 0 amide bonds. The van der Waals surface area contributed by atoms with E-state index in [-0.39, 0.29) is 0 Å². The third kappa shape index (κ3) is 3.62. The molecule has 0 radical (unpaired) electrons. The lowest BCUT2D eigenvalue weighted by Gasteiger charge is -2.06. The standard InChI is InChI=1S/C12H18N2O/c1-9(2)8-15-14-10(3)11-6-4-5-7-12(11)13/h4-7,9H,8,13H2,1-3H3/b14-10+. The van der Waals surface area contributed by atoms with Crippen molar-refractivity contribution < 1.29 is 4.84 Å². The van der Waals surface area contributed by atoms with E-state index in [4.69, 9.17) is 10.6 Å². The van der Waals surface area contributed by atoms with E-state index in [0.29, 0.717) is 12.5 Å². The van der Waals surface area contributed by atoms with Gasteiger partial charge in [0, 0.05) is 11.3 Å². The van der Waals surface area contributed by atoms with Crippen LogP contribution in [0.1, 0.15) is 26.3 Å². The molecule has 3 heteroatoms. The summed E-state index contributed by atoms with van der Waals surface area (Å²) in [7, 11) is 0. The molecule has 0 aliphatic heterocycles. The highest BCUT2D eigenvalue weighted by molar-refractivity contribution is 6.02. The number of nitrogen functional groups attached to an aromatic ring is 1. The third-order valence-electron chi connectivity index (χ3n) is 1.96. The van der Waals surface area contributed by atoms with Crippen molar-refractivity contribution in [2.75, 3.05) is 12.3 Å². The second kappa shape index (κ2) is 5.39. The highest BCUT2D eigenvalue weighted by atomic mass is 16.6. The van der Waals surface area contributed by atoms with Gasteiger partial charge in [0.2, 0.25) is 0 Å². The number of nitrogens with zero attached hydrogens (tertiary/aromatic N) is 1. The normalized spacial score (nSPS) is 11.9. The van der Waals surface area contributed by atoms with Crippen LogP contribution in [0.4, 0.5) is 5.69 Å². The number of anilines is 1. The fourth-order valence-corrected chi connectivity index (χ4v) is 1.16. The Morgan fingerprint density at radius 1 is 1.40 bits per heavy atom. The van der Waals surface area contributed by atoms with Crippen LogP contribution in [0.25, 0.3) is 0 Å². The summed E-state index contributed by atoms with van der Waals surface area (Å²) in [6, 6.07) is 7.64. The van der Waals surface area contributed by atoms with Crippen LogP contribution in [-0.4, -0.2) is 12.3 Å². The van der Waals surface area contributed by atoms with Crippen LogP contribution in [0, 0.1) is 5.92 Å². The van der Waals surface area contributed by atoms with Crippen LogP contribution in [-0.2, 0) is 4.84 Å². The number of benzene rings is 1. The van der Waals surface area contributed by atoms with Crippen LogP contribution < -0.4 is 5.73 Å². The van der Waals surface area contributed by atoms with Gasteiger partial charge in [-0.3, -0.25) is 0 Å². The first-order valence-electron chi connectivity index (χ1n) is 5.12. The molecule has 15 heavy (non-hydrogen) atoms. The van der Waals surface area contributed by atoms with E-state index >= 15 is 0 Å². The largest absolute Gasteiger partial charge is 0.398 e. The molecule has 0 saturated heterocycles. The molecule has 0 aliphatic carbocycles. The molecule has 82 valence electrons. The Hall–Kier alpha value is -1.51. The van der Waals surface area contributed by atoms with Crippen molar-refractivity contribution in [1.82, 2.24) is 0 Å². The zero-order valence-corrected chi connectivity index (χ0v) is 9.53. The number of para-hydroxylation sites is 1. The number of hydrogen-bond acceptors (Lipinski definition) is 3. The Balaban J connectivity index is 2.68. The zero-order valence-electron chi connectivity index (χ0n) is 9.53. The maximum absolute atomic E-state index is 5.82. The molecular weight excluding hydrogens is 188 g/mol. The lowest BCUT2D eigenvalue weighted by Crippen LogP contribution is -2.03. The van der Waals surface area contributed by atoms with E-state index in [1.54, 1.807) is 0 Å². The summed E-state index contributed by atoms with van der Waals surface area (Å²) in [6.45, 7) is 6.69. The van der Waals surface area contributed by atoms with E-state index in [2.05, 4.69) is 19.0 Å². The first-order valence-corrected chi connectivity index (χ1v) is 5.12. The SMILES string of the molecule is C/C(=N\OCC(C)C)c1ccccc1N. The summed E-state index contributed by atoms with van der Waals surface area (Å²) in [5.41, 5.74) is 8.29. The van der Waals surface area contributed by atoms with Gasteiger partial charge in [0.1, 0.15) is 6.61 Å². The Labute approximate surface area is 90.9 Å². The Morgan fingerprint density at radius 2 is 2.07 bits per heavy atom. The molecule has 0 atom stereocenters. The minimum Gasteiger partial charge on any atom is -0.398 e. The molecule has 0 saturated carbocycles. The first kappa shape index (κ1) is 11.6. The van der Waals surface area contributed by atoms with Crippen molar-refractivity contribution in [2.24, 2.45) is 11.1 Å². The predicted octanol–water partition coefficient (Wildman–Crippen LogP) is 2.67. The fourth-order valence-electron chi connectivity index (χ4n) is 1.16. The van der Waals surface area contributed by atoms with E-state index in [1.165, 1.54) is 0 Å². The Kier molecular flexibility index (Phi) is 4.16. The molecule has 3 nitrogen and oxygen atoms in total. The van der Waals surface area contributed by atoms with Crippen molar-refractivity contribution >= 4 is 11.4 Å². The average molecular weight is 206 g/mol. The zero-order chi connectivity index (χ0) is 11.3. The first-order chi connectivity index (χ1) is 7.11. The van der Waals surface area contributed by atoms with Gasteiger partial charge in [0.05, 0.1) is 5.71 Å². The number of rotatable bonds is 4. The number of hydrogen-bond donors (Lipinski definition) is 1. The highest BCUT2D eigenvalue weighted by Gasteiger charge is 2.02. The van der Waals surface area contributed by atoms with E-state index in [9.17, 15) is 0 Å². The molecule has 0 fully saturated rings. The molecule has 0 aromatic heterocycles. The number of oxime groups is 1. The molecule has 1 rings (SSSR count). The van der Waals surface area contributed by atoms with Crippen LogP contribution in [0.5, 0.6) is 0 Å². The maximum atomic E-state index is 5.82. The van der Waals surface area contributed by atoms with Crippen molar-refractivity contribution in [3.05, 3.63) is 29.8 Å². The Morgan fingerprint density at radius 3 is 2.67 bits per heavy atom. The summed E-state index contributed by atoms with van der Waals surface area (Å²) in [6.07, 6.45) is 0. The topological polar surface area (TPSA) is 47.6 Å². The summed E-state index contributed by atoms with van der Waals surface area (Å²) in [5, 5.41) is 4.03.